The Morgan fingerprint density at radius 2 is 1.83 bits per heavy atom. The number of rotatable bonds is 3. The highest BCUT2D eigenvalue weighted by Crippen LogP contribution is 2.25. The molecule has 6 nitrogen and oxygen atoms in total. The number of phenols is 1. The molecule has 1 fully saturated rings. The number of carbonyl (C=O) groups is 2. The first kappa shape index (κ1) is 20.5. The van der Waals surface area contributed by atoms with Crippen LogP contribution in [0.3, 0.4) is 0 Å². The lowest BCUT2D eigenvalue weighted by Crippen LogP contribution is -2.47. The molecule has 1 heterocycles. The molecule has 1 aliphatic rings. The normalized spacial score (nSPS) is 14.6. The maximum Gasteiger partial charge on any atom is 0.248 e. The number of nitrogens with zero attached hydrogens (tertiary/aromatic N) is 2. The number of phenolic OH excluding ortho intramolecular Hbond substituents is 1. The number of halogens is 2. The average molecular weight is 377 g/mol. The summed E-state index contributed by atoms with van der Waals surface area (Å²) in [5.41, 5.74) is 0. The number of amides is 2. The van der Waals surface area contributed by atoms with Crippen LogP contribution in [0, 0.1) is 0 Å². The van der Waals surface area contributed by atoms with E-state index in [4.69, 9.17) is 33.4 Å². The van der Waals surface area contributed by atoms with E-state index < -0.39 is 18.6 Å². The molecule has 1 saturated heterocycles. The van der Waals surface area contributed by atoms with Crippen LogP contribution in [-0.4, -0.2) is 64.6 Å². The molecule has 0 aliphatic carbocycles. The van der Waals surface area contributed by atoms with Crippen LogP contribution in [0.1, 0.15) is 19.8 Å². The van der Waals surface area contributed by atoms with Gasteiger partial charge in [0.05, 0.1) is 10.0 Å². The molecular weight excluding hydrogens is 355 g/mol. The number of benzene rings is 1. The highest BCUT2D eigenvalue weighted by atomic mass is 35.5. The number of aliphatic hydroxyl groups is 1. The molecule has 1 aromatic rings. The Kier molecular flexibility index (Phi) is 8.31. The topological polar surface area (TPSA) is 81.1 Å². The van der Waals surface area contributed by atoms with Gasteiger partial charge in [0.1, 0.15) is 18.4 Å². The minimum absolute atomic E-state index is 0.0307. The van der Waals surface area contributed by atoms with E-state index >= 15 is 0 Å². The maximum absolute atomic E-state index is 11.9. The molecule has 1 atom stereocenters. The molecule has 0 radical (unpaired) electrons. The quantitative estimate of drug-likeness (QED) is 0.846. The molecule has 0 aromatic heterocycles. The zero-order valence-electron chi connectivity index (χ0n) is 13.7. The largest absolute Gasteiger partial charge is 0.508 e. The number of aliphatic hydroxyl groups excluding tert-OH is 1. The van der Waals surface area contributed by atoms with Crippen LogP contribution in [0.4, 0.5) is 0 Å². The second-order valence-electron chi connectivity index (χ2n) is 5.47. The number of aromatic hydroxyl groups is 1. The third-order valence-corrected chi connectivity index (χ3v) is 4.53. The molecular formula is C16H22Cl2N2O4. The molecule has 2 amide bonds. The van der Waals surface area contributed by atoms with Gasteiger partial charge in [0.25, 0.3) is 0 Å². The average Bonchev–Trinajstić information content (AvgIpc) is 3.10. The van der Waals surface area contributed by atoms with E-state index in [-0.39, 0.29) is 11.7 Å². The predicted octanol–water partition coefficient (Wildman–Crippen LogP) is 2.15. The maximum atomic E-state index is 11.9. The number of carbonyl (C=O) groups excluding carboxylic acids is 2. The fourth-order valence-electron chi connectivity index (χ4n) is 2.18. The summed E-state index contributed by atoms with van der Waals surface area (Å²) >= 11 is 11.1. The van der Waals surface area contributed by atoms with E-state index in [9.17, 15) is 9.59 Å². The van der Waals surface area contributed by atoms with E-state index in [1.165, 1.54) is 24.1 Å². The SMILES string of the molecule is C[C@@H](C(=O)N1CCCC1)N(C)C(=O)CO.Oc1ccc(Cl)c(Cl)c1. The summed E-state index contributed by atoms with van der Waals surface area (Å²) in [6.45, 7) is 2.71. The summed E-state index contributed by atoms with van der Waals surface area (Å²) in [6, 6.07) is 3.93. The van der Waals surface area contributed by atoms with Gasteiger partial charge in [0.2, 0.25) is 11.8 Å². The van der Waals surface area contributed by atoms with Crippen molar-refractivity contribution in [2.24, 2.45) is 0 Å². The van der Waals surface area contributed by atoms with Crippen molar-refractivity contribution in [3.8, 4) is 5.75 Å². The lowest BCUT2D eigenvalue weighted by molar-refractivity contribution is -0.144. The number of likely N-dealkylation sites (tertiary alicyclic amines) is 1. The van der Waals surface area contributed by atoms with Gasteiger partial charge in [-0.05, 0) is 38.0 Å². The van der Waals surface area contributed by atoms with E-state index in [2.05, 4.69) is 0 Å². The third-order valence-electron chi connectivity index (χ3n) is 3.79. The van der Waals surface area contributed by atoms with Crippen LogP contribution in [0.5, 0.6) is 5.75 Å². The van der Waals surface area contributed by atoms with Gasteiger partial charge in [-0.15, -0.1) is 0 Å². The van der Waals surface area contributed by atoms with E-state index in [1.54, 1.807) is 17.9 Å². The van der Waals surface area contributed by atoms with Gasteiger partial charge in [0.15, 0.2) is 0 Å². The molecule has 1 aliphatic heterocycles. The summed E-state index contributed by atoms with van der Waals surface area (Å²) in [5, 5.41) is 18.3. The smallest absolute Gasteiger partial charge is 0.248 e. The molecule has 0 bridgehead atoms. The van der Waals surface area contributed by atoms with Crippen molar-refractivity contribution in [3.05, 3.63) is 28.2 Å². The molecule has 0 saturated carbocycles. The molecule has 1 aromatic carbocycles. The second kappa shape index (κ2) is 9.71. The van der Waals surface area contributed by atoms with Gasteiger partial charge in [-0.25, -0.2) is 0 Å². The minimum Gasteiger partial charge on any atom is -0.508 e. The highest BCUT2D eigenvalue weighted by Gasteiger charge is 2.27. The van der Waals surface area contributed by atoms with Gasteiger partial charge in [-0.1, -0.05) is 23.2 Å². The van der Waals surface area contributed by atoms with Gasteiger partial charge >= 0.3 is 0 Å². The monoisotopic (exact) mass is 376 g/mol. The summed E-state index contributed by atoms with van der Waals surface area (Å²) in [5.74, 6) is -0.323. The fraction of sp³-hybridized carbons (Fsp3) is 0.500. The van der Waals surface area contributed by atoms with Crippen molar-refractivity contribution in [1.29, 1.82) is 0 Å². The fourth-order valence-corrected chi connectivity index (χ4v) is 2.47. The zero-order chi connectivity index (χ0) is 18.3. The first-order chi connectivity index (χ1) is 11.3. The van der Waals surface area contributed by atoms with E-state index in [0.29, 0.717) is 10.0 Å². The number of hydrogen-bond acceptors (Lipinski definition) is 4. The Hall–Kier alpha value is -1.50. The van der Waals surface area contributed by atoms with Crippen molar-refractivity contribution in [1.82, 2.24) is 9.80 Å². The van der Waals surface area contributed by atoms with Crippen LogP contribution >= 0.6 is 23.2 Å². The molecule has 24 heavy (non-hydrogen) atoms. The Morgan fingerprint density at radius 1 is 1.25 bits per heavy atom. The molecule has 8 heteroatoms. The summed E-state index contributed by atoms with van der Waals surface area (Å²) < 4.78 is 0. The van der Waals surface area contributed by atoms with Crippen molar-refractivity contribution in [3.63, 3.8) is 0 Å². The highest BCUT2D eigenvalue weighted by molar-refractivity contribution is 6.42. The number of likely N-dealkylation sites (N-methyl/N-ethyl adjacent to an activating group) is 1. The van der Waals surface area contributed by atoms with Gasteiger partial charge in [-0.2, -0.15) is 0 Å². The van der Waals surface area contributed by atoms with Crippen LogP contribution in [0.2, 0.25) is 10.0 Å². The summed E-state index contributed by atoms with van der Waals surface area (Å²) in [7, 11) is 1.54. The molecule has 0 unspecified atom stereocenters. The van der Waals surface area contributed by atoms with Gasteiger partial charge in [-0.3, -0.25) is 9.59 Å². The van der Waals surface area contributed by atoms with Crippen LogP contribution in [0.15, 0.2) is 18.2 Å². The number of hydrogen-bond donors (Lipinski definition) is 2. The van der Waals surface area contributed by atoms with Crippen molar-refractivity contribution < 1.29 is 19.8 Å². The van der Waals surface area contributed by atoms with Crippen LogP contribution in [0.25, 0.3) is 0 Å². The lowest BCUT2D eigenvalue weighted by atomic mass is 10.2. The lowest BCUT2D eigenvalue weighted by Gasteiger charge is -2.27. The van der Waals surface area contributed by atoms with Crippen molar-refractivity contribution >= 4 is 35.0 Å². The molecule has 134 valence electrons. The first-order valence-electron chi connectivity index (χ1n) is 7.57. The van der Waals surface area contributed by atoms with Crippen LogP contribution < -0.4 is 0 Å². The van der Waals surface area contributed by atoms with E-state index in [1.807, 2.05) is 0 Å². The Bertz CT molecular complexity index is 577. The van der Waals surface area contributed by atoms with Gasteiger partial charge in [0, 0.05) is 20.1 Å². The second-order valence-corrected chi connectivity index (χ2v) is 6.28. The molecule has 2 N–H and O–H groups in total. The van der Waals surface area contributed by atoms with Gasteiger partial charge < -0.3 is 20.0 Å². The van der Waals surface area contributed by atoms with Crippen molar-refractivity contribution in [2.45, 2.75) is 25.8 Å². The predicted molar refractivity (Wildman–Crippen MR) is 93.3 cm³/mol. The summed E-state index contributed by atoms with van der Waals surface area (Å²) in [4.78, 5) is 26.1. The Morgan fingerprint density at radius 3 is 2.29 bits per heavy atom. The standard InChI is InChI=1S/C10H18N2O3.C6H4Cl2O/c1-8(11(2)9(14)7-13)10(15)12-5-3-4-6-12;7-5-2-1-4(9)3-6(5)8/h8,13H,3-7H2,1-2H3;1-3,9H/t8-;/m0./s1. The molecule has 2 rings (SSSR count). The zero-order valence-corrected chi connectivity index (χ0v) is 15.2. The minimum atomic E-state index is -0.548. The third kappa shape index (κ3) is 5.85. The Balaban J connectivity index is 0.000000272. The molecule has 0 spiro atoms. The van der Waals surface area contributed by atoms with Crippen LogP contribution in [-0.2, 0) is 9.59 Å². The summed E-state index contributed by atoms with van der Waals surface area (Å²) in [6.07, 6.45) is 2.08. The first-order valence-corrected chi connectivity index (χ1v) is 8.32. The van der Waals surface area contributed by atoms with E-state index in [0.717, 1.165) is 25.9 Å². The Labute approximate surface area is 151 Å². The van der Waals surface area contributed by atoms with Crippen molar-refractivity contribution in [2.75, 3.05) is 26.7 Å².